The lowest BCUT2D eigenvalue weighted by molar-refractivity contribution is 0.0402. The van der Waals surface area contributed by atoms with Crippen molar-refractivity contribution in [3.8, 4) is 33.8 Å². The lowest BCUT2D eigenvalue weighted by Crippen LogP contribution is -2.54. The van der Waals surface area contributed by atoms with Crippen molar-refractivity contribution in [1.29, 1.82) is 0 Å². The van der Waals surface area contributed by atoms with Gasteiger partial charge in [0.25, 0.3) is 11.8 Å². The van der Waals surface area contributed by atoms with E-state index in [2.05, 4.69) is 4.90 Å². The third-order valence-electron chi connectivity index (χ3n) is 9.03. The standard InChI is InChI=1S/C38H35ClN4O3/c39-31-13-11-29(12-14-31)35-15-16-36(46-35)38(45)42-19-17-32(18-20-42)41-21-23-43(24-22-41)37(44)30-25-33(27-7-3-1-4-8-27)40-34(26-30)28-9-5-2-6-10-28/h1-16,25-26,32H,17-24H2. The van der Waals surface area contributed by atoms with Gasteiger partial charge in [-0.2, -0.15) is 0 Å². The number of nitrogens with zero attached hydrogens (tertiary/aromatic N) is 4. The molecule has 3 aromatic carbocycles. The maximum Gasteiger partial charge on any atom is 0.289 e. The second-order valence-corrected chi connectivity index (χ2v) is 12.3. The largest absolute Gasteiger partial charge is 0.451 e. The maximum atomic E-state index is 13.8. The monoisotopic (exact) mass is 630 g/mol. The van der Waals surface area contributed by atoms with Crippen LogP contribution in [0.1, 0.15) is 33.8 Å². The van der Waals surface area contributed by atoms with Crippen LogP contribution in [0.2, 0.25) is 5.02 Å². The van der Waals surface area contributed by atoms with Crippen molar-refractivity contribution in [2.45, 2.75) is 18.9 Å². The minimum Gasteiger partial charge on any atom is -0.451 e. The molecule has 2 aliphatic heterocycles. The first-order valence-corrected chi connectivity index (χ1v) is 16.2. The van der Waals surface area contributed by atoms with E-state index in [0.717, 1.165) is 54.0 Å². The molecule has 2 aromatic heterocycles. The first-order chi connectivity index (χ1) is 22.5. The number of furan rings is 1. The first-order valence-electron chi connectivity index (χ1n) is 15.8. The van der Waals surface area contributed by atoms with E-state index in [-0.39, 0.29) is 11.8 Å². The van der Waals surface area contributed by atoms with Crippen LogP contribution in [0.4, 0.5) is 0 Å². The number of rotatable bonds is 6. The van der Waals surface area contributed by atoms with Crippen LogP contribution in [0, 0.1) is 0 Å². The topological polar surface area (TPSA) is 69.9 Å². The summed E-state index contributed by atoms with van der Waals surface area (Å²) in [5.74, 6) is 0.976. The molecule has 232 valence electrons. The zero-order valence-corrected chi connectivity index (χ0v) is 26.3. The fraction of sp³-hybridized carbons (Fsp3) is 0.237. The van der Waals surface area contributed by atoms with Crippen molar-refractivity contribution in [2.24, 2.45) is 0 Å². The van der Waals surface area contributed by atoms with E-state index in [1.54, 1.807) is 6.07 Å². The number of piperazine rings is 1. The molecule has 7 nitrogen and oxygen atoms in total. The molecule has 2 amide bonds. The van der Waals surface area contributed by atoms with Crippen molar-refractivity contribution >= 4 is 23.4 Å². The molecular weight excluding hydrogens is 596 g/mol. The zero-order chi connectivity index (χ0) is 31.5. The number of carbonyl (C=O) groups is 2. The van der Waals surface area contributed by atoms with Crippen molar-refractivity contribution in [3.63, 3.8) is 0 Å². The Morgan fingerprint density at radius 1 is 0.630 bits per heavy atom. The van der Waals surface area contributed by atoms with Gasteiger partial charge in [-0.3, -0.25) is 14.5 Å². The van der Waals surface area contributed by atoms with Crippen LogP contribution in [0.5, 0.6) is 0 Å². The minimum absolute atomic E-state index is 0.0354. The molecule has 2 saturated heterocycles. The lowest BCUT2D eigenvalue weighted by atomic mass is 10.0. The number of amides is 2. The van der Waals surface area contributed by atoms with E-state index >= 15 is 0 Å². The predicted octanol–water partition coefficient (Wildman–Crippen LogP) is 7.39. The molecule has 4 heterocycles. The predicted molar refractivity (Wildman–Crippen MR) is 181 cm³/mol. The summed E-state index contributed by atoms with van der Waals surface area (Å²) in [6.07, 6.45) is 1.80. The number of aromatic nitrogens is 1. The molecule has 0 bridgehead atoms. The SMILES string of the molecule is O=C(c1cc(-c2ccccc2)nc(-c2ccccc2)c1)N1CCN(C2CCN(C(=O)c3ccc(-c4ccc(Cl)cc4)o3)CC2)CC1. The normalized spacial score (nSPS) is 16.0. The average Bonchev–Trinajstić information content (AvgIpc) is 3.62. The van der Waals surface area contributed by atoms with E-state index in [4.69, 9.17) is 21.0 Å². The molecule has 0 unspecified atom stereocenters. The summed E-state index contributed by atoms with van der Waals surface area (Å²) in [6, 6.07) is 35.2. The summed E-state index contributed by atoms with van der Waals surface area (Å²) in [6.45, 7) is 4.33. The fourth-order valence-corrected chi connectivity index (χ4v) is 6.58. The number of hydrogen-bond acceptors (Lipinski definition) is 5. The maximum absolute atomic E-state index is 13.8. The summed E-state index contributed by atoms with van der Waals surface area (Å²) in [5.41, 5.74) is 5.10. The molecule has 7 rings (SSSR count). The third kappa shape index (κ3) is 6.48. The minimum atomic E-state index is -0.0730. The zero-order valence-electron chi connectivity index (χ0n) is 25.5. The van der Waals surface area contributed by atoms with Gasteiger partial charge in [-0.25, -0.2) is 4.98 Å². The van der Waals surface area contributed by atoms with Crippen molar-refractivity contribution in [3.05, 3.63) is 126 Å². The molecule has 8 heteroatoms. The van der Waals surface area contributed by atoms with Gasteiger partial charge < -0.3 is 14.2 Å². The van der Waals surface area contributed by atoms with Gasteiger partial charge in [0.15, 0.2) is 5.76 Å². The molecule has 0 N–H and O–H groups in total. The van der Waals surface area contributed by atoms with Gasteiger partial charge in [0.2, 0.25) is 0 Å². The van der Waals surface area contributed by atoms with Crippen LogP contribution in [0.15, 0.2) is 114 Å². The highest BCUT2D eigenvalue weighted by Crippen LogP contribution is 2.28. The molecule has 2 aliphatic rings. The fourth-order valence-electron chi connectivity index (χ4n) is 6.45. The van der Waals surface area contributed by atoms with Crippen LogP contribution in [-0.4, -0.2) is 76.8 Å². The van der Waals surface area contributed by atoms with Gasteiger partial charge >= 0.3 is 0 Å². The van der Waals surface area contributed by atoms with Gasteiger partial charge in [-0.15, -0.1) is 0 Å². The van der Waals surface area contributed by atoms with Crippen LogP contribution < -0.4 is 0 Å². The van der Waals surface area contributed by atoms with Gasteiger partial charge in [-0.05, 0) is 61.4 Å². The molecule has 0 spiro atoms. The molecule has 2 fully saturated rings. The van der Waals surface area contributed by atoms with E-state index in [1.807, 2.05) is 113 Å². The molecule has 46 heavy (non-hydrogen) atoms. The van der Waals surface area contributed by atoms with Gasteiger partial charge in [0, 0.05) is 72.6 Å². The molecule has 0 aliphatic carbocycles. The van der Waals surface area contributed by atoms with Gasteiger partial charge in [-0.1, -0.05) is 72.3 Å². The lowest BCUT2D eigenvalue weighted by Gasteiger charge is -2.42. The Morgan fingerprint density at radius 3 is 1.78 bits per heavy atom. The summed E-state index contributed by atoms with van der Waals surface area (Å²) in [4.78, 5) is 38.3. The Labute approximate surface area is 274 Å². The van der Waals surface area contributed by atoms with E-state index in [0.29, 0.717) is 54.3 Å². The summed E-state index contributed by atoms with van der Waals surface area (Å²) < 4.78 is 5.92. The molecule has 0 atom stereocenters. The molecule has 0 radical (unpaired) electrons. The van der Waals surface area contributed by atoms with E-state index in [9.17, 15) is 9.59 Å². The number of halogens is 1. The highest BCUT2D eigenvalue weighted by atomic mass is 35.5. The molecule has 0 saturated carbocycles. The number of piperidine rings is 1. The third-order valence-corrected chi connectivity index (χ3v) is 9.28. The van der Waals surface area contributed by atoms with Gasteiger partial charge in [0.05, 0.1) is 11.4 Å². The number of likely N-dealkylation sites (tertiary alicyclic amines) is 1. The van der Waals surface area contributed by atoms with Crippen molar-refractivity contribution in [1.82, 2.24) is 19.7 Å². The summed E-state index contributed by atoms with van der Waals surface area (Å²) in [7, 11) is 0. The highest BCUT2D eigenvalue weighted by molar-refractivity contribution is 6.30. The number of hydrogen-bond donors (Lipinski definition) is 0. The second kappa shape index (κ2) is 13.3. The van der Waals surface area contributed by atoms with E-state index in [1.165, 1.54) is 0 Å². The number of benzene rings is 3. The van der Waals surface area contributed by atoms with Crippen LogP contribution in [0.3, 0.4) is 0 Å². The van der Waals surface area contributed by atoms with Crippen LogP contribution in [0.25, 0.3) is 33.8 Å². The first kappa shape index (κ1) is 30.0. The molecule has 5 aromatic rings. The molecular formula is C38H35ClN4O3. The highest BCUT2D eigenvalue weighted by Gasteiger charge is 2.32. The number of carbonyl (C=O) groups excluding carboxylic acids is 2. The summed E-state index contributed by atoms with van der Waals surface area (Å²) in [5, 5.41) is 0.658. The Bertz CT molecular complexity index is 1750. The number of pyridine rings is 1. The van der Waals surface area contributed by atoms with Crippen molar-refractivity contribution < 1.29 is 14.0 Å². The smallest absolute Gasteiger partial charge is 0.289 e. The quantitative estimate of drug-likeness (QED) is 0.196. The Kier molecular flexibility index (Phi) is 8.68. The summed E-state index contributed by atoms with van der Waals surface area (Å²) >= 11 is 6.01. The Hall–Kier alpha value is -4.72. The van der Waals surface area contributed by atoms with Gasteiger partial charge in [0.1, 0.15) is 5.76 Å². The second-order valence-electron chi connectivity index (χ2n) is 11.9. The van der Waals surface area contributed by atoms with E-state index < -0.39 is 0 Å². The van der Waals surface area contributed by atoms with Crippen LogP contribution >= 0.6 is 11.6 Å². The average molecular weight is 631 g/mol. The Morgan fingerprint density at radius 2 is 1.20 bits per heavy atom. The Balaban J connectivity index is 0.966. The van der Waals surface area contributed by atoms with Crippen molar-refractivity contribution in [2.75, 3.05) is 39.3 Å². The van der Waals surface area contributed by atoms with Crippen LogP contribution in [-0.2, 0) is 0 Å².